The third kappa shape index (κ3) is 8.19. The number of hydrogen-bond acceptors (Lipinski definition) is 6. The van der Waals surface area contributed by atoms with Crippen LogP contribution in [0.3, 0.4) is 0 Å². The number of carbonyl (C=O) groups is 1. The van der Waals surface area contributed by atoms with Crippen molar-refractivity contribution in [1.82, 2.24) is 10.0 Å². The van der Waals surface area contributed by atoms with Crippen LogP contribution in [0.2, 0.25) is 0 Å². The molecule has 7 nitrogen and oxygen atoms in total. The largest absolute Gasteiger partial charge is 0.479 e. The lowest BCUT2D eigenvalue weighted by Gasteiger charge is -2.41. The van der Waals surface area contributed by atoms with Crippen LogP contribution in [0.1, 0.15) is 81.6 Å². The van der Waals surface area contributed by atoms with Gasteiger partial charge in [0.25, 0.3) is 0 Å². The van der Waals surface area contributed by atoms with E-state index >= 15 is 0 Å². The van der Waals surface area contributed by atoms with E-state index in [4.69, 9.17) is 14.6 Å². The maximum atomic E-state index is 13.4. The smallest absolute Gasteiger partial charge is 0.337 e. The summed E-state index contributed by atoms with van der Waals surface area (Å²) in [6.07, 6.45) is 0.853. The van der Waals surface area contributed by atoms with E-state index in [-0.39, 0.29) is 11.2 Å². The van der Waals surface area contributed by atoms with E-state index in [0.29, 0.717) is 24.3 Å². The van der Waals surface area contributed by atoms with Crippen LogP contribution in [-0.2, 0) is 27.5 Å². The highest BCUT2D eigenvalue weighted by atomic mass is 19.1. The molecule has 0 spiro atoms. The van der Waals surface area contributed by atoms with Crippen LogP contribution in [0.25, 0.3) is 11.1 Å². The summed E-state index contributed by atoms with van der Waals surface area (Å²) in [4.78, 5) is 25.5. The summed E-state index contributed by atoms with van der Waals surface area (Å²) in [5.74, 6) is -1.29. The van der Waals surface area contributed by atoms with Crippen LogP contribution in [-0.4, -0.2) is 46.9 Å². The molecule has 43 heavy (non-hydrogen) atoms. The van der Waals surface area contributed by atoms with Crippen molar-refractivity contribution in [2.24, 2.45) is 5.41 Å². The highest BCUT2D eigenvalue weighted by Crippen LogP contribution is 2.44. The van der Waals surface area contributed by atoms with Crippen molar-refractivity contribution in [3.8, 4) is 11.1 Å². The highest BCUT2D eigenvalue weighted by Gasteiger charge is 2.36. The molecule has 1 fully saturated rings. The zero-order chi connectivity index (χ0) is 31.5. The number of aryl methyl sites for hydroxylation is 2. The molecule has 0 unspecified atom stereocenters. The van der Waals surface area contributed by atoms with Crippen molar-refractivity contribution in [1.29, 1.82) is 0 Å². The van der Waals surface area contributed by atoms with Crippen LogP contribution < -0.4 is 4.90 Å². The first-order valence-corrected chi connectivity index (χ1v) is 15.0. The number of carboxylic acids is 1. The predicted molar refractivity (Wildman–Crippen MR) is 168 cm³/mol. The molecule has 4 rings (SSSR count). The number of pyridine rings is 1. The fourth-order valence-electron chi connectivity index (χ4n) is 5.71. The van der Waals surface area contributed by atoms with E-state index in [0.717, 1.165) is 59.6 Å². The summed E-state index contributed by atoms with van der Waals surface area (Å²) in [7, 11) is 1.63. The van der Waals surface area contributed by atoms with Crippen LogP contribution in [0, 0.1) is 25.1 Å². The molecule has 2 aromatic carbocycles. The minimum absolute atomic E-state index is 0.227. The number of carboxylic acid groups (broad SMARTS) is 1. The molecule has 1 aliphatic heterocycles. The number of piperidine rings is 1. The van der Waals surface area contributed by atoms with Crippen LogP contribution in [0.5, 0.6) is 0 Å². The summed E-state index contributed by atoms with van der Waals surface area (Å²) in [5, 5.41) is 12.2. The van der Waals surface area contributed by atoms with Gasteiger partial charge in [-0.2, -0.15) is 5.06 Å². The Morgan fingerprint density at radius 1 is 1.00 bits per heavy atom. The number of ether oxygens (including phenoxy) is 1. The standard InChI is InChI=1S/C35H46FN3O4/c1-23-29(27-13-9-25(10-14-27)21-39(42-8)22-26-11-15-28(36)16-12-26)31(38-19-17-35(6,7)18-20-38)30(24(2)37-23)32(33(40)41)43-34(3,4)5/h9-16,32H,17-22H2,1-8H3,(H,40,41)/t32-/m0/s1. The molecule has 1 aromatic heterocycles. The number of aromatic nitrogens is 1. The Hall–Kier alpha value is -3.33. The number of halogens is 1. The number of nitrogens with zero attached hydrogens (tertiary/aromatic N) is 3. The maximum Gasteiger partial charge on any atom is 0.337 e. The van der Waals surface area contributed by atoms with Crippen molar-refractivity contribution in [3.63, 3.8) is 0 Å². The Labute approximate surface area is 255 Å². The van der Waals surface area contributed by atoms with Gasteiger partial charge in [0.05, 0.1) is 18.4 Å². The predicted octanol–water partition coefficient (Wildman–Crippen LogP) is 7.64. The number of hydrogen-bond donors (Lipinski definition) is 1. The van der Waals surface area contributed by atoms with Gasteiger partial charge in [-0.05, 0) is 81.7 Å². The van der Waals surface area contributed by atoms with Gasteiger partial charge in [-0.3, -0.25) is 4.98 Å². The molecule has 2 heterocycles. The first-order valence-electron chi connectivity index (χ1n) is 15.0. The molecule has 0 radical (unpaired) electrons. The molecule has 8 heteroatoms. The third-order valence-electron chi connectivity index (χ3n) is 8.10. The normalized spacial score (nSPS) is 16.0. The molecule has 3 aromatic rings. The Bertz CT molecular complexity index is 1400. The summed E-state index contributed by atoms with van der Waals surface area (Å²) < 4.78 is 19.5. The van der Waals surface area contributed by atoms with Gasteiger partial charge < -0.3 is 19.6 Å². The van der Waals surface area contributed by atoms with Crippen LogP contribution in [0.4, 0.5) is 10.1 Å². The highest BCUT2D eigenvalue weighted by molar-refractivity contribution is 5.88. The van der Waals surface area contributed by atoms with E-state index in [1.165, 1.54) is 12.1 Å². The molecular formula is C35H46FN3O4. The summed E-state index contributed by atoms with van der Waals surface area (Å²) in [6, 6.07) is 14.7. The van der Waals surface area contributed by atoms with Gasteiger partial charge >= 0.3 is 5.97 Å². The molecule has 0 bridgehead atoms. The lowest BCUT2D eigenvalue weighted by molar-refractivity contribution is -0.160. The molecule has 0 saturated carbocycles. The molecule has 1 N–H and O–H groups in total. The minimum Gasteiger partial charge on any atom is -0.479 e. The quantitative estimate of drug-likeness (QED) is 0.243. The van der Waals surface area contributed by atoms with Crippen molar-refractivity contribution in [2.75, 3.05) is 25.1 Å². The Kier molecular flexibility index (Phi) is 9.94. The van der Waals surface area contributed by atoms with Crippen molar-refractivity contribution < 1.29 is 23.9 Å². The molecular weight excluding hydrogens is 545 g/mol. The average molecular weight is 592 g/mol. The van der Waals surface area contributed by atoms with Gasteiger partial charge in [-0.15, -0.1) is 0 Å². The summed E-state index contributed by atoms with van der Waals surface area (Å²) >= 11 is 0. The zero-order valence-corrected chi connectivity index (χ0v) is 26.8. The lowest BCUT2D eigenvalue weighted by atomic mass is 9.81. The fourth-order valence-corrected chi connectivity index (χ4v) is 5.71. The van der Waals surface area contributed by atoms with Crippen molar-refractivity contribution in [3.05, 3.63) is 82.4 Å². The first kappa shape index (κ1) is 32.6. The molecule has 1 aliphatic rings. The van der Waals surface area contributed by atoms with Crippen LogP contribution >= 0.6 is 0 Å². The fraction of sp³-hybridized carbons (Fsp3) is 0.486. The van der Waals surface area contributed by atoms with E-state index < -0.39 is 17.7 Å². The second-order valence-corrected chi connectivity index (χ2v) is 13.3. The second-order valence-electron chi connectivity index (χ2n) is 13.3. The molecule has 0 aliphatic carbocycles. The van der Waals surface area contributed by atoms with Crippen molar-refractivity contribution in [2.45, 2.75) is 86.1 Å². The van der Waals surface area contributed by atoms with Gasteiger partial charge in [0, 0.05) is 48.7 Å². The number of rotatable bonds is 10. The Morgan fingerprint density at radius 2 is 1.53 bits per heavy atom. The maximum absolute atomic E-state index is 13.4. The second kappa shape index (κ2) is 13.1. The summed E-state index contributed by atoms with van der Waals surface area (Å²) in [6.45, 7) is 16.8. The zero-order valence-electron chi connectivity index (χ0n) is 26.8. The first-order chi connectivity index (χ1) is 20.2. The van der Waals surface area contributed by atoms with Gasteiger partial charge in [-0.1, -0.05) is 50.2 Å². The van der Waals surface area contributed by atoms with Gasteiger partial charge in [0.15, 0.2) is 6.10 Å². The monoisotopic (exact) mass is 591 g/mol. The Balaban J connectivity index is 1.75. The topological polar surface area (TPSA) is 75.1 Å². The Morgan fingerprint density at radius 3 is 2.02 bits per heavy atom. The SMILES string of the molecule is CON(Cc1ccc(F)cc1)Cc1ccc(-c2c(C)nc(C)c([C@H](OC(C)(C)C)C(=O)O)c2N2CCC(C)(C)CC2)cc1. The van der Waals surface area contributed by atoms with Crippen molar-refractivity contribution >= 4 is 11.7 Å². The molecule has 1 saturated heterocycles. The van der Waals surface area contributed by atoms with Gasteiger partial charge in [0.2, 0.25) is 0 Å². The number of aliphatic carboxylic acids is 1. The minimum atomic E-state index is -1.15. The number of hydroxylamine groups is 2. The average Bonchev–Trinajstić information content (AvgIpc) is 2.92. The van der Waals surface area contributed by atoms with Crippen LogP contribution in [0.15, 0.2) is 48.5 Å². The van der Waals surface area contributed by atoms with E-state index in [1.54, 1.807) is 19.2 Å². The molecule has 232 valence electrons. The number of anilines is 1. The molecule has 1 atom stereocenters. The van der Waals surface area contributed by atoms with E-state index in [2.05, 4.69) is 43.0 Å². The van der Waals surface area contributed by atoms with Gasteiger partial charge in [0.1, 0.15) is 5.82 Å². The third-order valence-corrected chi connectivity index (χ3v) is 8.10. The van der Waals surface area contributed by atoms with E-state index in [9.17, 15) is 14.3 Å². The summed E-state index contributed by atoms with van der Waals surface area (Å²) in [5.41, 5.74) is 6.52. The lowest BCUT2D eigenvalue weighted by Crippen LogP contribution is -2.39. The molecule has 0 amide bonds. The van der Waals surface area contributed by atoms with Gasteiger partial charge in [-0.25, -0.2) is 9.18 Å². The number of benzene rings is 2. The van der Waals surface area contributed by atoms with E-state index in [1.807, 2.05) is 39.7 Å².